The molecule has 2 aromatic rings. The largest absolute Gasteiger partial charge is 0.305 e. The van der Waals surface area contributed by atoms with Gasteiger partial charge in [0.15, 0.2) is 5.82 Å². The van der Waals surface area contributed by atoms with Gasteiger partial charge >= 0.3 is 0 Å². The van der Waals surface area contributed by atoms with E-state index in [2.05, 4.69) is 31.4 Å². The van der Waals surface area contributed by atoms with E-state index in [1.807, 2.05) is 0 Å². The number of amides is 1. The van der Waals surface area contributed by atoms with Gasteiger partial charge in [-0.05, 0) is 19.9 Å². The molecule has 0 bridgehead atoms. The van der Waals surface area contributed by atoms with E-state index in [-0.39, 0.29) is 11.3 Å². The number of nitrogens with one attached hydrogen (secondary N) is 2. The molecule has 2 N–H and O–H groups in total. The number of hydrogen-bond donors (Lipinski definition) is 2. The van der Waals surface area contributed by atoms with E-state index in [0.717, 1.165) is 5.69 Å². The molecule has 8 heteroatoms. The molecule has 0 atom stereocenters. The molecule has 20 heavy (non-hydrogen) atoms. The van der Waals surface area contributed by atoms with Crippen molar-refractivity contribution in [3.05, 3.63) is 49.6 Å². The van der Waals surface area contributed by atoms with Crippen molar-refractivity contribution >= 4 is 33.3 Å². The number of carbonyl (C=O) groups is 1. The molecule has 0 saturated carbocycles. The quantitative estimate of drug-likeness (QED) is 0.663. The third-order valence-corrected chi connectivity index (χ3v) is 3.19. The number of nitro benzene ring substituents is 1. The SMILES string of the molecule is Cc1cc(NC(=O)c2cc(Br)cc([N+](=O)[O-])c2C)n[nH]1. The van der Waals surface area contributed by atoms with E-state index in [9.17, 15) is 14.9 Å². The van der Waals surface area contributed by atoms with E-state index >= 15 is 0 Å². The lowest BCUT2D eigenvalue weighted by molar-refractivity contribution is -0.385. The molecule has 0 spiro atoms. The molecule has 1 amide bonds. The summed E-state index contributed by atoms with van der Waals surface area (Å²) in [7, 11) is 0. The standard InChI is InChI=1S/C12H11BrN4O3/c1-6-3-11(16-15-6)14-12(18)9-4-8(13)5-10(7(9)2)17(19)20/h3-5H,1-2H3,(H2,14,15,16,18). The highest BCUT2D eigenvalue weighted by atomic mass is 79.9. The van der Waals surface area contributed by atoms with Crippen molar-refractivity contribution in [1.82, 2.24) is 10.2 Å². The second-order valence-corrected chi connectivity index (χ2v) is 5.16. The number of carbonyl (C=O) groups excluding carboxylic acids is 1. The van der Waals surface area contributed by atoms with Crippen LogP contribution in [0.3, 0.4) is 0 Å². The highest BCUT2D eigenvalue weighted by molar-refractivity contribution is 9.10. The van der Waals surface area contributed by atoms with Gasteiger partial charge in [-0.25, -0.2) is 0 Å². The average Bonchev–Trinajstić information content (AvgIpc) is 2.76. The maximum absolute atomic E-state index is 12.2. The van der Waals surface area contributed by atoms with Crippen LogP contribution < -0.4 is 5.32 Å². The number of hydrogen-bond acceptors (Lipinski definition) is 4. The maximum Gasteiger partial charge on any atom is 0.274 e. The second-order valence-electron chi connectivity index (χ2n) is 4.24. The summed E-state index contributed by atoms with van der Waals surface area (Å²) in [6.45, 7) is 3.34. The first-order valence-corrected chi connectivity index (χ1v) is 6.45. The van der Waals surface area contributed by atoms with Crippen LogP contribution in [0.4, 0.5) is 11.5 Å². The number of aromatic nitrogens is 2. The fourth-order valence-corrected chi connectivity index (χ4v) is 2.20. The van der Waals surface area contributed by atoms with Crippen LogP contribution in [0, 0.1) is 24.0 Å². The van der Waals surface area contributed by atoms with Gasteiger partial charge in [-0.3, -0.25) is 20.0 Å². The summed E-state index contributed by atoms with van der Waals surface area (Å²) < 4.78 is 0.471. The van der Waals surface area contributed by atoms with E-state index in [0.29, 0.717) is 15.9 Å². The van der Waals surface area contributed by atoms with Crippen LogP contribution in [0.2, 0.25) is 0 Å². The summed E-state index contributed by atoms with van der Waals surface area (Å²) in [5.74, 6) is -0.0760. The molecule has 1 heterocycles. The number of H-pyrrole nitrogens is 1. The number of anilines is 1. The van der Waals surface area contributed by atoms with Gasteiger partial charge in [0.25, 0.3) is 11.6 Å². The van der Waals surface area contributed by atoms with Crippen LogP contribution in [0.25, 0.3) is 0 Å². The van der Waals surface area contributed by atoms with E-state index < -0.39 is 10.8 Å². The van der Waals surface area contributed by atoms with E-state index in [1.54, 1.807) is 13.0 Å². The zero-order valence-electron chi connectivity index (χ0n) is 10.7. The summed E-state index contributed by atoms with van der Waals surface area (Å²) in [6, 6.07) is 4.57. The molecule has 0 aliphatic carbocycles. The zero-order chi connectivity index (χ0) is 14.9. The molecule has 0 radical (unpaired) electrons. The first-order chi connectivity index (χ1) is 9.38. The number of aromatic amines is 1. The molecule has 0 saturated heterocycles. The van der Waals surface area contributed by atoms with Crippen molar-refractivity contribution in [1.29, 1.82) is 0 Å². The Morgan fingerprint density at radius 3 is 2.65 bits per heavy atom. The van der Waals surface area contributed by atoms with Gasteiger partial charge in [0.05, 0.1) is 10.5 Å². The molecule has 1 aromatic heterocycles. The monoisotopic (exact) mass is 338 g/mol. The number of aryl methyl sites for hydroxylation is 1. The molecule has 7 nitrogen and oxygen atoms in total. The van der Waals surface area contributed by atoms with Gasteiger partial charge in [0, 0.05) is 27.9 Å². The fraction of sp³-hybridized carbons (Fsp3) is 0.167. The Balaban J connectivity index is 2.37. The number of halogens is 1. The Morgan fingerprint density at radius 2 is 2.10 bits per heavy atom. The second kappa shape index (κ2) is 5.41. The smallest absolute Gasteiger partial charge is 0.274 e. The van der Waals surface area contributed by atoms with Crippen LogP contribution in [0.5, 0.6) is 0 Å². The van der Waals surface area contributed by atoms with Crippen molar-refractivity contribution in [2.45, 2.75) is 13.8 Å². The van der Waals surface area contributed by atoms with Crippen LogP contribution in [-0.2, 0) is 0 Å². The average molecular weight is 339 g/mol. The minimum Gasteiger partial charge on any atom is -0.305 e. The first-order valence-electron chi connectivity index (χ1n) is 5.66. The zero-order valence-corrected chi connectivity index (χ0v) is 12.3. The van der Waals surface area contributed by atoms with Crippen LogP contribution >= 0.6 is 15.9 Å². The Hall–Kier alpha value is -2.22. The number of rotatable bonds is 3. The van der Waals surface area contributed by atoms with Crippen LogP contribution in [-0.4, -0.2) is 21.0 Å². The molecule has 0 fully saturated rings. The van der Waals surface area contributed by atoms with Crippen molar-refractivity contribution in [3.63, 3.8) is 0 Å². The third-order valence-electron chi connectivity index (χ3n) is 2.73. The molecule has 104 valence electrons. The lowest BCUT2D eigenvalue weighted by atomic mass is 10.1. The van der Waals surface area contributed by atoms with Crippen molar-refractivity contribution in [2.75, 3.05) is 5.32 Å². The predicted octanol–water partition coefficient (Wildman–Crippen LogP) is 2.95. The van der Waals surface area contributed by atoms with Crippen LogP contribution in [0.15, 0.2) is 22.7 Å². The molecule has 0 unspecified atom stereocenters. The van der Waals surface area contributed by atoms with Crippen molar-refractivity contribution in [2.24, 2.45) is 0 Å². The Labute approximate surface area is 122 Å². The first kappa shape index (κ1) is 14.2. The summed E-state index contributed by atoms with van der Waals surface area (Å²) in [5, 5.41) is 20.1. The third kappa shape index (κ3) is 2.85. The number of nitro groups is 1. The summed E-state index contributed by atoms with van der Waals surface area (Å²) in [4.78, 5) is 22.6. The van der Waals surface area contributed by atoms with Gasteiger partial charge in [-0.2, -0.15) is 5.10 Å². The van der Waals surface area contributed by atoms with E-state index in [1.165, 1.54) is 19.1 Å². The van der Waals surface area contributed by atoms with Crippen molar-refractivity contribution in [3.8, 4) is 0 Å². The van der Waals surface area contributed by atoms with Gasteiger partial charge < -0.3 is 5.32 Å². The van der Waals surface area contributed by atoms with Gasteiger partial charge in [0.1, 0.15) is 0 Å². The Morgan fingerprint density at radius 1 is 1.40 bits per heavy atom. The minimum atomic E-state index is -0.518. The lowest BCUT2D eigenvalue weighted by Crippen LogP contribution is -2.14. The van der Waals surface area contributed by atoms with Gasteiger partial charge in [0.2, 0.25) is 0 Å². The number of benzene rings is 1. The maximum atomic E-state index is 12.2. The summed E-state index contributed by atoms with van der Waals surface area (Å²) >= 11 is 3.17. The topological polar surface area (TPSA) is 101 Å². The molecule has 2 rings (SSSR count). The number of nitrogens with zero attached hydrogens (tertiary/aromatic N) is 2. The van der Waals surface area contributed by atoms with Crippen LogP contribution in [0.1, 0.15) is 21.6 Å². The Kier molecular flexibility index (Phi) is 3.84. The molecular weight excluding hydrogens is 328 g/mol. The molecule has 0 aliphatic heterocycles. The highest BCUT2D eigenvalue weighted by Gasteiger charge is 2.20. The Bertz CT molecular complexity index is 696. The summed E-state index contributed by atoms with van der Waals surface area (Å²) in [5.41, 5.74) is 1.23. The fourth-order valence-electron chi connectivity index (χ4n) is 1.76. The molecular formula is C12H11BrN4O3. The highest BCUT2D eigenvalue weighted by Crippen LogP contribution is 2.27. The minimum absolute atomic E-state index is 0.109. The van der Waals surface area contributed by atoms with Gasteiger partial charge in [-0.15, -0.1) is 0 Å². The molecule has 0 aliphatic rings. The lowest BCUT2D eigenvalue weighted by Gasteiger charge is -2.07. The molecule has 1 aromatic carbocycles. The van der Waals surface area contributed by atoms with Crippen molar-refractivity contribution < 1.29 is 9.72 Å². The summed E-state index contributed by atoms with van der Waals surface area (Å²) in [6.07, 6.45) is 0. The van der Waals surface area contributed by atoms with E-state index in [4.69, 9.17) is 0 Å². The predicted molar refractivity (Wildman–Crippen MR) is 76.8 cm³/mol. The van der Waals surface area contributed by atoms with Gasteiger partial charge in [-0.1, -0.05) is 15.9 Å². The normalized spacial score (nSPS) is 10.3.